The molecule has 0 aromatic carbocycles. The lowest BCUT2D eigenvalue weighted by Crippen LogP contribution is -2.34. The van der Waals surface area contributed by atoms with E-state index in [0.717, 1.165) is 23.7 Å². The van der Waals surface area contributed by atoms with Crippen molar-refractivity contribution in [3.05, 3.63) is 29.3 Å². The second-order valence-corrected chi connectivity index (χ2v) is 7.12. The maximum Gasteiger partial charge on any atom is 0.451 e. The molecule has 1 aliphatic rings. The Bertz CT molecular complexity index is 864. The van der Waals surface area contributed by atoms with Gasteiger partial charge < -0.3 is 19.1 Å². The van der Waals surface area contributed by atoms with Gasteiger partial charge in [-0.3, -0.25) is 0 Å². The average molecular weight is 454 g/mol. The molecule has 8 nitrogen and oxygen atoms in total. The number of anilines is 1. The SMILES string of the molecule is COC(=O)c1cnc(N2C[C@@H](Oc3cnc(C(F)(F)F)nc3)C[C@H]2COC(F)F)s1. The van der Waals surface area contributed by atoms with E-state index in [1.54, 1.807) is 4.90 Å². The van der Waals surface area contributed by atoms with Crippen molar-refractivity contribution < 1.29 is 41.0 Å². The molecule has 2 aromatic rings. The van der Waals surface area contributed by atoms with Crippen LogP contribution in [-0.4, -0.2) is 59.9 Å². The Labute approximate surface area is 170 Å². The number of methoxy groups -OCH3 is 1. The summed E-state index contributed by atoms with van der Waals surface area (Å²) in [5, 5.41) is 0.369. The van der Waals surface area contributed by atoms with E-state index in [9.17, 15) is 26.7 Å². The molecule has 1 aliphatic heterocycles. The fraction of sp³-hybridized carbons (Fsp3) is 0.500. The van der Waals surface area contributed by atoms with Gasteiger partial charge in [0, 0.05) is 6.42 Å². The smallest absolute Gasteiger partial charge is 0.451 e. The van der Waals surface area contributed by atoms with Crippen LogP contribution in [0.3, 0.4) is 0 Å². The number of halogens is 5. The number of thiazole rings is 1. The summed E-state index contributed by atoms with van der Waals surface area (Å²) in [5.41, 5.74) is 0. The van der Waals surface area contributed by atoms with E-state index in [-0.39, 0.29) is 30.2 Å². The van der Waals surface area contributed by atoms with Gasteiger partial charge in [0.05, 0.1) is 44.9 Å². The molecular formula is C16H15F5N4O4S. The molecule has 0 spiro atoms. The molecule has 3 rings (SSSR count). The van der Waals surface area contributed by atoms with Gasteiger partial charge in [0.15, 0.2) is 10.9 Å². The van der Waals surface area contributed by atoms with Gasteiger partial charge in [-0.1, -0.05) is 11.3 Å². The molecular weight excluding hydrogens is 439 g/mol. The highest BCUT2D eigenvalue weighted by Crippen LogP contribution is 2.32. The average Bonchev–Trinajstić information content (AvgIpc) is 3.32. The largest absolute Gasteiger partial charge is 0.485 e. The van der Waals surface area contributed by atoms with Crippen LogP contribution in [0.5, 0.6) is 5.75 Å². The minimum Gasteiger partial charge on any atom is -0.485 e. The fourth-order valence-corrected chi connectivity index (χ4v) is 3.76. The molecule has 0 unspecified atom stereocenters. The lowest BCUT2D eigenvalue weighted by atomic mass is 10.2. The lowest BCUT2D eigenvalue weighted by Gasteiger charge is -2.23. The van der Waals surface area contributed by atoms with Gasteiger partial charge in [0.2, 0.25) is 5.82 Å². The van der Waals surface area contributed by atoms with Crippen LogP contribution in [0.15, 0.2) is 18.6 Å². The summed E-state index contributed by atoms with van der Waals surface area (Å²) >= 11 is 1.01. The molecule has 0 bridgehead atoms. The van der Waals surface area contributed by atoms with Crippen molar-refractivity contribution in [2.24, 2.45) is 0 Å². The number of nitrogens with zero attached hydrogens (tertiary/aromatic N) is 4. The Balaban J connectivity index is 1.72. The summed E-state index contributed by atoms with van der Waals surface area (Å²) in [7, 11) is 1.22. The van der Waals surface area contributed by atoms with Crippen molar-refractivity contribution in [1.29, 1.82) is 0 Å². The van der Waals surface area contributed by atoms with Crippen LogP contribution in [0, 0.1) is 0 Å². The number of hydrogen-bond acceptors (Lipinski definition) is 9. The zero-order valence-electron chi connectivity index (χ0n) is 15.3. The summed E-state index contributed by atoms with van der Waals surface area (Å²) < 4.78 is 77.3. The van der Waals surface area contributed by atoms with Crippen molar-refractivity contribution in [2.45, 2.75) is 31.4 Å². The van der Waals surface area contributed by atoms with Gasteiger partial charge in [-0.05, 0) is 0 Å². The van der Waals surface area contributed by atoms with Gasteiger partial charge in [-0.25, -0.2) is 19.7 Å². The molecule has 1 fully saturated rings. The molecule has 0 radical (unpaired) electrons. The van der Waals surface area contributed by atoms with Crippen molar-refractivity contribution in [3.8, 4) is 5.75 Å². The van der Waals surface area contributed by atoms with Crippen LogP contribution >= 0.6 is 11.3 Å². The van der Waals surface area contributed by atoms with Crippen LogP contribution in [0.2, 0.25) is 0 Å². The summed E-state index contributed by atoms with van der Waals surface area (Å²) in [6, 6.07) is -0.559. The fourth-order valence-electron chi connectivity index (χ4n) is 2.84. The number of carbonyl (C=O) groups is 1. The predicted molar refractivity (Wildman–Crippen MR) is 92.6 cm³/mol. The van der Waals surface area contributed by atoms with Gasteiger partial charge in [-0.2, -0.15) is 22.0 Å². The van der Waals surface area contributed by atoms with E-state index in [4.69, 9.17) is 4.74 Å². The van der Waals surface area contributed by atoms with Crippen LogP contribution in [-0.2, 0) is 15.7 Å². The van der Waals surface area contributed by atoms with Crippen LogP contribution in [0.1, 0.15) is 21.9 Å². The summed E-state index contributed by atoms with van der Waals surface area (Å²) in [5.74, 6) is -1.89. The van der Waals surface area contributed by atoms with E-state index in [2.05, 4.69) is 24.4 Å². The number of rotatable bonds is 7. The molecule has 1 saturated heterocycles. The Morgan fingerprint density at radius 3 is 2.57 bits per heavy atom. The van der Waals surface area contributed by atoms with Crippen LogP contribution < -0.4 is 9.64 Å². The number of alkyl halides is 5. The molecule has 2 atom stereocenters. The summed E-state index contributed by atoms with van der Waals surface area (Å²) in [6.45, 7) is -3.14. The van der Waals surface area contributed by atoms with Crippen LogP contribution in [0.25, 0.3) is 0 Å². The summed E-state index contributed by atoms with van der Waals surface area (Å²) in [6.07, 6.45) is -1.95. The van der Waals surface area contributed by atoms with Crippen molar-refractivity contribution in [2.75, 3.05) is 25.2 Å². The first-order valence-electron chi connectivity index (χ1n) is 8.43. The van der Waals surface area contributed by atoms with Crippen molar-refractivity contribution >= 4 is 22.4 Å². The number of aromatic nitrogens is 3. The third-order valence-corrected chi connectivity index (χ3v) is 5.12. The number of esters is 1. The Morgan fingerprint density at radius 1 is 1.27 bits per heavy atom. The highest BCUT2D eigenvalue weighted by Gasteiger charge is 2.37. The molecule has 0 amide bonds. The third kappa shape index (κ3) is 5.30. The van der Waals surface area contributed by atoms with E-state index in [0.29, 0.717) is 5.13 Å². The first-order chi connectivity index (χ1) is 14.2. The second kappa shape index (κ2) is 9.04. The van der Waals surface area contributed by atoms with Gasteiger partial charge in [0.25, 0.3) is 0 Å². The number of ether oxygens (including phenoxy) is 3. The number of carbonyl (C=O) groups excluding carboxylic acids is 1. The quantitative estimate of drug-likeness (QED) is 0.466. The van der Waals surface area contributed by atoms with E-state index < -0.39 is 36.7 Å². The molecule has 3 heterocycles. The van der Waals surface area contributed by atoms with E-state index in [1.165, 1.54) is 13.3 Å². The van der Waals surface area contributed by atoms with E-state index >= 15 is 0 Å². The standard InChI is InChI=1S/C16H15F5N4O4S/c1-27-12(26)11-5-24-15(30-11)25-6-9(2-8(25)7-28-14(17)18)29-10-3-22-13(23-4-10)16(19,20)21/h3-5,8-9,14H,2,6-7H2,1H3/t8-,9-/m0/s1. The zero-order valence-corrected chi connectivity index (χ0v) is 16.1. The topological polar surface area (TPSA) is 86.7 Å². The Hall–Kier alpha value is -2.61. The normalized spacial score (nSPS) is 19.4. The minimum absolute atomic E-state index is 0.00207. The maximum atomic E-state index is 12.6. The molecule has 0 aliphatic carbocycles. The predicted octanol–water partition coefficient (Wildman–Crippen LogP) is 3.00. The molecule has 164 valence electrons. The third-order valence-electron chi connectivity index (χ3n) is 4.10. The summed E-state index contributed by atoms with van der Waals surface area (Å²) in [4.78, 5) is 24.0. The highest BCUT2D eigenvalue weighted by molar-refractivity contribution is 7.17. The van der Waals surface area contributed by atoms with Crippen LogP contribution in [0.4, 0.5) is 27.1 Å². The first kappa shape index (κ1) is 22.1. The molecule has 14 heteroatoms. The Kier molecular flexibility index (Phi) is 6.65. The lowest BCUT2D eigenvalue weighted by molar-refractivity contribution is -0.145. The highest BCUT2D eigenvalue weighted by atomic mass is 32.1. The Morgan fingerprint density at radius 2 is 1.97 bits per heavy atom. The molecule has 30 heavy (non-hydrogen) atoms. The number of hydrogen-bond donors (Lipinski definition) is 0. The van der Waals surface area contributed by atoms with Gasteiger partial charge >= 0.3 is 18.8 Å². The maximum absolute atomic E-state index is 12.6. The molecule has 0 saturated carbocycles. The minimum atomic E-state index is -4.68. The van der Waals surface area contributed by atoms with Gasteiger partial charge in [0.1, 0.15) is 11.0 Å². The first-order valence-corrected chi connectivity index (χ1v) is 9.25. The molecule has 0 N–H and O–H groups in total. The molecule has 2 aromatic heterocycles. The van der Waals surface area contributed by atoms with Gasteiger partial charge in [-0.15, -0.1) is 0 Å². The monoisotopic (exact) mass is 454 g/mol. The van der Waals surface area contributed by atoms with Crippen molar-refractivity contribution in [3.63, 3.8) is 0 Å². The zero-order chi connectivity index (χ0) is 21.9. The van der Waals surface area contributed by atoms with Crippen molar-refractivity contribution in [1.82, 2.24) is 15.0 Å². The van der Waals surface area contributed by atoms with E-state index in [1.807, 2.05) is 0 Å². The second-order valence-electron chi connectivity index (χ2n) is 6.11.